The van der Waals surface area contributed by atoms with Gasteiger partial charge in [0.15, 0.2) is 11.6 Å². The highest BCUT2D eigenvalue weighted by Gasteiger charge is 2.31. The number of H-pyrrole nitrogens is 1. The standard InChI is InChI=1S/C19H16N6OS2/c1-24-13-6-3-4-7-14(13)25(2)18(24)12(10-20)15(26)11-28-19-21-17(22-23-19)16-8-5-9-27-16/h3-9H,11H2,1-2H3,(H,21,22,23). The molecule has 4 rings (SSSR count). The van der Waals surface area contributed by atoms with Crippen LogP contribution in [0, 0.1) is 11.3 Å². The molecule has 0 saturated heterocycles. The van der Waals surface area contributed by atoms with Crippen LogP contribution in [0.3, 0.4) is 0 Å². The number of thiophene rings is 1. The Kier molecular flexibility index (Phi) is 4.90. The van der Waals surface area contributed by atoms with E-state index in [0.29, 0.717) is 16.8 Å². The Hall–Kier alpha value is -3.09. The first-order valence-corrected chi connectivity index (χ1v) is 10.3. The van der Waals surface area contributed by atoms with Crippen molar-refractivity contribution in [1.82, 2.24) is 15.2 Å². The summed E-state index contributed by atoms with van der Waals surface area (Å²) in [6.07, 6.45) is 0. The number of allylic oxidation sites excluding steroid dienone is 1. The summed E-state index contributed by atoms with van der Waals surface area (Å²) in [6, 6.07) is 13.8. The molecule has 0 bridgehead atoms. The summed E-state index contributed by atoms with van der Waals surface area (Å²) in [5.41, 5.74) is 2.05. The summed E-state index contributed by atoms with van der Waals surface area (Å²) >= 11 is 2.78. The van der Waals surface area contributed by atoms with Crippen LogP contribution in [0.2, 0.25) is 0 Å². The molecule has 3 heterocycles. The number of nitriles is 1. The fourth-order valence-electron chi connectivity index (χ4n) is 3.09. The number of anilines is 2. The van der Waals surface area contributed by atoms with Crippen molar-refractivity contribution >= 4 is 40.3 Å². The summed E-state index contributed by atoms with van der Waals surface area (Å²) in [5, 5.41) is 19.1. The van der Waals surface area contributed by atoms with Crippen molar-refractivity contribution < 1.29 is 4.79 Å². The summed E-state index contributed by atoms with van der Waals surface area (Å²) in [4.78, 5) is 21.9. The number of rotatable bonds is 5. The molecule has 28 heavy (non-hydrogen) atoms. The Morgan fingerprint density at radius 3 is 2.54 bits per heavy atom. The van der Waals surface area contributed by atoms with Crippen molar-refractivity contribution in [1.29, 1.82) is 5.26 Å². The molecule has 7 nitrogen and oxygen atoms in total. The molecular weight excluding hydrogens is 392 g/mol. The zero-order valence-electron chi connectivity index (χ0n) is 15.2. The van der Waals surface area contributed by atoms with Crippen LogP contribution in [0.15, 0.2) is 58.3 Å². The Morgan fingerprint density at radius 1 is 1.21 bits per heavy atom. The monoisotopic (exact) mass is 408 g/mol. The molecule has 9 heteroatoms. The van der Waals surface area contributed by atoms with E-state index in [1.165, 1.54) is 11.8 Å². The number of Topliss-reactive ketones (excluding diaryl/α,β-unsaturated/α-hetero) is 1. The first kappa shape index (κ1) is 18.3. The number of nitrogens with zero attached hydrogens (tertiary/aromatic N) is 5. The minimum absolute atomic E-state index is 0.0894. The first-order chi connectivity index (χ1) is 13.6. The van der Waals surface area contributed by atoms with Crippen LogP contribution >= 0.6 is 23.1 Å². The topological polar surface area (TPSA) is 88.9 Å². The number of hydrogen-bond acceptors (Lipinski definition) is 8. The van der Waals surface area contributed by atoms with E-state index < -0.39 is 0 Å². The summed E-state index contributed by atoms with van der Waals surface area (Å²) in [6.45, 7) is 0. The Morgan fingerprint density at radius 2 is 1.93 bits per heavy atom. The van der Waals surface area contributed by atoms with Crippen LogP contribution in [-0.2, 0) is 4.79 Å². The molecular formula is C19H16N6OS2. The number of carbonyl (C=O) groups excluding carboxylic acids is 1. The lowest BCUT2D eigenvalue weighted by Crippen LogP contribution is -2.26. The molecule has 0 atom stereocenters. The minimum atomic E-state index is -0.253. The number of fused-ring (bicyclic) bond motifs is 1. The van der Waals surface area contributed by atoms with E-state index in [-0.39, 0.29) is 17.1 Å². The van der Waals surface area contributed by atoms with Crippen LogP contribution in [0.5, 0.6) is 0 Å². The quantitative estimate of drug-likeness (QED) is 0.392. The lowest BCUT2D eigenvalue weighted by Gasteiger charge is -2.19. The zero-order chi connectivity index (χ0) is 19.7. The number of carbonyl (C=O) groups is 1. The fourth-order valence-corrected chi connectivity index (χ4v) is 4.43. The molecule has 0 fully saturated rings. The second-order valence-electron chi connectivity index (χ2n) is 6.07. The molecule has 1 aliphatic heterocycles. The summed E-state index contributed by atoms with van der Waals surface area (Å²) < 4.78 is 0. The molecule has 140 valence electrons. The van der Waals surface area contributed by atoms with Gasteiger partial charge in [0.25, 0.3) is 0 Å². The Balaban J connectivity index is 1.53. The van der Waals surface area contributed by atoms with Crippen molar-refractivity contribution in [2.45, 2.75) is 5.16 Å². The third-order valence-corrected chi connectivity index (χ3v) is 6.13. The van der Waals surface area contributed by atoms with E-state index in [2.05, 4.69) is 21.3 Å². The average Bonchev–Trinajstić information content (AvgIpc) is 3.44. The minimum Gasteiger partial charge on any atom is -0.328 e. The van der Waals surface area contributed by atoms with E-state index in [1.54, 1.807) is 11.3 Å². The maximum Gasteiger partial charge on any atom is 0.209 e. The Labute approximate surface area is 170 Å². The van der Waals surface area contributed by atoms with Crippen molar-refractivity contribution in [3.05, 3.63) is 53.2 Å². The van der Waals surface area contributed by atoms with Crippen LogP contribution in [-0.4, -0.2) is 40.8 Å². The van der Waals surface area contributed by atoms with Gasteiger partial charge < -0.3 is 9.80 Å². The third-order valence-electron chi connectivity index (χ3n) is 4.41. The molecule has 1 aliphatic rings. The molecule has 1 N–H and O–H groups in total. The molecule has 0 unspecified atom stereocenters. The molecule has 0 radical (unpaired) electrons. The van der Waals surface area contributed by atoms with Crippen LogP contribution < -0.4 is 9.80 Å². The van der Waals surface area contributed by atoms with Gasteiger partial charge in [-0.2, -0.15) is 5.26 Å². The largest absolute Gasteiger partial charge is 0.328 e. The van der Waals surface area contributed by atoms with Crippen molar-refractivity contribution in [3.8, 4) is 16.8 Å². The van der Waals surface area contributed by atoms with Gasteiger partial charge in [-0.25, -0.2) is 4.98 Å². The maximum atomic E-state index is 12.8. The van der Waals surface area contributed by atoms with Crippen molar-refractivity contribution in [3.63, 3.8) is 0 Å². The smallest absolute Gasteiger partial charge is 0.209 e. The lowest BCUT2D eigenvalue weighted by atomic mass is 10.2. The highest BCUT2D eigenvalue weighted by molar-refractivity contribution is 7.99. The van der Waals surface area contributed by atoms with Gasteiger partial charge in [-0.3, -0.25) is 9.89 Å². The van der Waals surface area contributed by atoms with Gasteiger partial charge in [0.05, 0.1) is 22.0 Å². The predicted octanol–water partition coefficient (Wildman–Crippen LogP) is 3.52. The van der Waals surface area contributed by atoms with Gasteiger partial charge in [0.2, 0.25) is 5.16 Å². The fraction of sp³-hybridized carbons (Fsp3) is 0.158. The molecule has 1 aromatic carbocycles. The number of aromatic amines is 1. The van der Waals surface area contributed by atoms with Gasteiger partial charge in [0.1, 0.15) is 17.5 Å². The highest BCUT2D eigenvalue weighted by Crippen LogP contribution is 2.40. The molecule has 0 spiro atoms. The normalized spacial score (nSPS) is 12.8. The van der Waals surface area contributed by atoms with Gasteiger partial charge in [0, 0.05) is 14.1 Å². The predicted molar refractivity (Wildman–Crippen MR) is 111 cm³/mol. The molecule has 0 saturated carbocycles. The summed E-state index contributed by atoms with van der Waals surface area (Å²) in [5.74, 6) is 1.10. The lowest BCUT2D eigenvalue weighted by molar-refractivity contribution is -0.112. The number of nitrogens with one attached hydrogen (secondary N) is 1. The number of thioether (sulfide) groups is 1. The summed E-state index contributed by atoms with van der Waals surface area (Å²) in [7, 11) is 3.72. The molecule has 0 amide bonds. The molecule has 0 aliphatic carbocycles. The van der Waals surface area contributed by atoms with E-state index in [4.69, 9.17) is 0 Å². The van der Waals surface area contributed by atoms with Gasteiger partial charge in [-0.05, 0) is 23.6 Å². The Bertz CT molecular complexity index is 1060. The van der Waals surface area contributed by atoms with Gasteiger partial charge >= 0.3 is 0 Å². The zero-order valence-corrected chi connectivity index (χ0v) is 16.8. The van der Waals surface area contributed by atoms with Crippen LogP contribution in [0.4, 0.5) is 11.4 Å². The van der Waals surface area contributed by atoms with Gasteiger partial charge in [-0.1, -0.05) is 30.0 Å². The van der Waals surface area contributed by atoms with Crippen LogP contribution in [0.25, 0.3) is 10.7 Å². The van der Waals surface area contributed by atoms with E-state index >= 15 is 0 Å². The molecule has 3 aromatic rings. The second kappa shape index (κ2) is 7.50. The first-order valence-electron chi connectivity index (χ1n) is 8.43. The van der Waals surface area contributed by atoms with E-state index in [0.717, 1.165) is 16.3 Å². The van der Waals surface area contributed by atoms with Crippen LogP contribution in [0.1, 0.15) is 0 Å². The second-order valence-corrected chi connectivity index (χ2v) is 7.96. The average molecular weight is 409 g/mol. The molecule has 2 aromatic heterocycles. The maximum absolute atomic E-state index is 12.8. The van der Waals surface area contributed by atoms with Crippen molar-refractivity contribution in [2.75, 3.05) is 29.6 Å². The number of hydrogen-bond donors (Lipinski definition) is 1. The number of benzene rings is 1. The van der Waals surface area contributed by atoms with E-state index in [1.807, 2.05) is 65.7 Å². The number of aromatic nitrogens is 3. The number of para-hydroxylation sites is 2. The third kappa shape index (κ3) is 3.17. The highest BCUT2D eigenvalue weighted by atomic mass is 32.2. The van der Waals surface area contributed by atoms with Gasteiger partial charge in [-0.15, -0.1) is 16.4 Å². The SMILES string of the molecule is CN1C(=C(C#N)C(=O)CSc2n[nH]c(-c3cccs3)n2)N(C)c2ccccc21. The van der Waals surface area contributed by atoms with Crippen molar-refractivity contribution in [2.24, 2.45) is 0 Å². The number of ketones is 1. The van der Waals surface area contributed by atoms with E-state index in [9.17, 15) is 10.1 Å².